The average Bonchev–Trinajstić information content (AvgIpc) is 2.03. The van der Waals surface area contributed by atoms with Crippen molar-refractivity contribution >= 4 is 0 Å². The molecule has 0 spiro atoms. The van der Waals surface area contributed by atoms with E-state index in [1.54, 1.807) is 0 Å². The molecule has 1 atom stereocenters. The van der Waals surface area contributed by atoms with Crippen LogP contribution >= 0.6 is 0 Å². The van der Waals surface area contributed by atoms with Gasteiger partial charge in [-0.3, -0.25) is 0 Å². The lowest BCUT2D eigenvalue weighted by Crippen LogP contribution is -1.96. The second-order valence-corrected chi connectivity index (χ2v) is 3.18. The van der Waals surface area contributed by atoms with Gasteiger partial charge in [-0.1, -0.05) is 39.5 Å². The molecule has 0 aliphatic rings. The van der Waals surface area contributed by atoms with Crippen molar-refractivity contribution in [2.45, 2.75) is 52.4 Å². The van der Waals surface area contributed by atoms with Crippen molar-refractivity contribution in [3.8, 4) is 12.3 Å². The Kier molecular flexibility index (Phi) is 7.36. The molecule has 0 N–H and O–H groups in total. The first-order valence-corrected chi connectivity index (χ1v) is 4.78. The molecule has 1 unspecified atom stereocenters. The first-order chi connectivity index (χ1) is 5.35. The number of terminal acetylenes is 1. The molecule has 0 saturated heterocycles. The molecule has 0 heterocycles. The van der Waals surface area contributed by atoms with Crippen molar-refractivity contribution < 1.29 is 0 Å². The fourth-order valence-corrected chi connectivity index (χ4v) is 1.30. The van der Waals surface area contributed by atoms with Crippen molar-refractivity contribution in [1.29, 1.82) is 0 Å². The van der Waals surface area contributed by atoms with Gasteiger partial charge in [0.2, 0.25) is 0 Å². The quantitative estimate of drug-likeness (QED) is 0.403. The van der Waals surface area contributed by atoms with E-state index >= 15 is 0 Å². The largest absolute Gasteiger partial charge is 0.120 e. The Morgan fingerprint density at radius 3 is 2.45 bits per heavy atom. The second-order valence-electron chi connectivity index (χ2n) is 3.18. The highest BCUT2D eigenvalue weighted by Crippen LogP contribution is 2.16. The lowest BCUT2D eigenvalue weighted by atomic mass is 9.96. The SMILES string of the molecule is C#CCC(CC)CCCCC. The highest BCUT2D eigenvalue weighted by molar-refractivity contribution is 4.86. The van der Waals surface area contributed by atoms with Crippen LogP contribution in [0.2, 0.25) is 0 Å². The summed E-state index contributed by atoms with van der Waals surface area (Å²) in [6, 6.07) is 0. The maximum atomic E-state index is 5.26. The molecular formula is C11H20. The van der Waals surface area contributed by atoms with E-state index < -0.39 is 0 Å². The Morgan fingerprint density at radius 2 is 2.00 bits per heavy atom. The molecule has 0 bridgehead atoms. The molecule has 0 fully saturated rings. The van der Waals surface area contributed by atoms with Crippen LogP contribution in [0.4, 0.5) is 0 Å². The Balaban J connectivity index is 3.30. The minimum atomic E-state index is 0.784. The van der Waals surface area contributed by atoms with Crippen molar-refractivity contribution in [2.24, 2.45) is 5.92 Å². The van der Waals surface area contributed by atoms with Crippen LogP contribution in [-0.4, -0.2) is 0 Å². The van der Waals surface area contributed by atoms with Crippen LogP contribution in [0, 0.1) is 18.3 Å². The molecule has 0 nitrogen and oxygen atoms in total. The maximum Gasteiger partial charge on any atom is 0.0114 e. The van der Waals surface area contributed by atoms with E-state index in [1.165, 1.54) is 32.1 Å². The lowest BCUT2D eigenvalue weighted by molar-refractivity contribution is 0.455. The van der Waals surface area contributed by atoms with Gasteiger partial charge in [0.1, 0.15) is 0 Å². The van der Waals surface area contributed by atoms with Crippen molar-refractivity contribution in [1.82, 2.24) is 0 Å². The molecule has 0 saturated carbocycles. The average molecular weight is 152 g/mol. The standard InChI is InChI=1S/C11H20/c1-4-7-8-10-11(6-3)9-5-2/h2,11H,4,6-10H2,1,3H3. The van der Waals surface area contributed by atoms with Gasteiger partial charge in [0, 0.05) is 6.42 Å². The van der Waals surface area contributed by atoms with Crippen molar-refractivity contribution in [3.05, 3.63) is 0 Å². The normalized spacial score (nSPS) is 12.5. The van der Waals surface area contributed by atoms with Gasteiger partial charge in [0.05, 0.1) is 0 Å². The summed E-state index contributed by atoms with van der Waals surface area (Å²) in [5, 5.41) is 0. The lowest BCUT2D eigenvalue weighted by Gasteiger charge is -2.09. The zero-order valence-electron chi connectivity index (χ0n) is 7.90. The first kappa shape index (κ1) is 10.6. The third-order valence-corrected chi connectivity index (χ3v) is 2.20. The van der Waals surface area contributed by atoms with Gasteiger partial charge in [-0.15, -0.1) is 12.3 Å². The monoisotopic (exact) mass is 152 g/mol. The first-order valence-electron chi connectivity index (χ1n) is 4.78. The van der Waals surface area contributed by atoms with E-state index in [-0.39, 0.29) is 0 Å². The zero-order chi connectivity index (χ0) is 8.53. The summed E-state index contributed by atoms with van der Waals surface area (Å²) in [7, 11) is 0. The van der Waals surface area contributed by atoms with Crippen LogP contribution in [0.15, 0.2) is 0 Å². The molecule has 0 heteroatoms. The van der Waals surface area contributed by atoms with Gasteiger partial charge < -0.3 is 0 Å². The van der Waals surface area contributed by atoms with E-state index in [1.807, 2.05) is 0 Å². The van der Waals surface area contributed by atoms with E-state index in [0.29, 0.717) is 0 Å². The third-order valence-electron chi connectivity index (χ3n) is 2.20. The van der Waals surface area contributed by atoms with Gasteiger partial charge in [0.15, 0.2) is 0 Å². The summed E-state index contributed by atoms with van der Waals surface area (Å²) >= 11 is 0. The van der Waals surface area contributed by atoms with Crippen LogP contribution in [-0.2, 0) is 0 Å². The van der Waals surface area contributed by atoms with Crippen LogP contribution in [0.1, 0.15) is 52.4 Å². The van der Waals surface area contributed by atoms with Crippen molar-refractivity contribution in [3.63, 3.8) is 0 Å². The molecule has 11 heavy (non-hydrogen) atoms. The molecular weight excluding hydrogens is 132 g/mol. The van der Waals surface area contributed by atoms with Gasteiger partial charge in [-0.2, -0.15) is 0 Å². The van der Waals surface area contributed by atoms with E-state index in [9.17, 15) is 0 Å². The molecule has 0 aromatic rings. The molecule has 0 radical (unpaired) electrons. The van der Waals surface area contributed by atoms with Crippen LogP contribution in [0.3, 0.4) is 0 Å². The number of hydrogen-bond donors (Lipinski definition) is 0. The fourth-order valence-electron chi connectivity index (χ4n) is 1.30. The van der Waals surface area contributed by atoms with Crippen LogP contribution in [0.25, 0.3) is 0 Å². The molecule has 0 aliphatic heterocycles. The maximum absolute atomic E-state index is 5.26. The summed E-state index contributed by atoms with van der Waals surface area (Å²) < 4.78 is 0. The molecule has 0 aliphatic carbocycles. The predicted molar refractivity (Wildman–Crippen MR) is 51.4 cm³/mol. The predicted octanol–water partition coefficient (Wildman–Crippen LogP) is 3.62. The van der Waals surface area contributed by atoms with Crippen LogP contribution in [0.5, 0.6) is 0 Å². The Labute approximate surface area is 71.4 Å². The Hall–Kier alpha value is -0.440. The minimum Gasteiger partial charge on any atom is -0.120 e. The van der Waals surface area contributed by atoms with E-state index in [4.69, 9.17) is 6.42 Å². The minimum absolute atomic E-state index is 0.784. The van der Waals surface area contributed by atoms with Gasteiger partial charge in [0.25, 0.3) is 0 Å². The summed E-state index contributed by atoms with van der Waals surface area (Å²) in [5.74, 6) is 3.53. The van der Waals surface area contributed by atoms with Gasteiger partial charge >= 0.3 is 0 Å². The third kappa shape index (κ3) is 5.98. The van der Waals surface area contributed by atoms with Gasteiger partial charge in [-0.25, -0.2) is 0 Å². The molecule has 0 amide bonds. The summed E-state index contributed by atoms with van der Waals surface area (Å²) in [6.07, 6.45) is 12.8. The van der Waals surface area contributed by atoms with E-state index in [0.717, 1.165) is 12.3 Å². The molecule has 0 aromatic heterocycles. The van der Waals surface area contributed by atoms with Gasteiger partial charge in [-0.05, 0) is 12.3 Å². The second kappa shape index (κ2) is 7.66. The van der Waals surface area contributed by atoms with Crippen molar-refractivity contribution in [2.75, 3.05) is 0 Å². The number of unbranched alkanes of at least 4 members (excludes halogenated alkanes) is 2. The van der Waals surface area contributed by atoms with E-state index in [2.05, 4.69) is 19.8 Å². The Morgan fingerprint density at radius 1 is 1.27 bits per heavy atom. The zero-order valence-corrected chi connectivity index (χ0v) is 7.90. The number of rotatable bonds is 6. The smallest absolute Gasteiger partial charge is 0.0114 e. The Bertz CT molecular complexity index is 108. The van der Waals surface area contributed by atoms with Crippen LogP contribution < -0.4 is 0 Å². The fraction of sp³-hybridized carbons (Fsp3) is 0.818. The molecule has 0 rings (SSSR count). The highest BCUT2D eigenvalue weighted by Gasteiger charge is 2.02. The molecule has 0 aromatic carbocycles. The molecule has 64 valence electrons. The summed E-state index contributed by atoms with van der Waals surface area (Å²) in [6.45, 7) is 4.47. The summed E-state index contributed by atoms with van der Waals surface area (Å²) in [4.78, 5) is 0. The summed E-state index contributed by atoms with van der Waals surface area (Å²) in [5.41, 5.74) is 0. The highest BCUT2D eigenvalue weighted by atomic mass is 14.1. The topological polar surface area (TPSA) is 0 Å². The number of hydrogen-bond acceptors (Lipinski definition) is 0.